The molecule has 3 rings (SSSR count). The quantitative estimate of drug-likeness (QED) is 0.799. The molecule has 1 fully saturated rings. The summed E-state index contributed by atoms with van der Waals surface area (Å²) in [5.41, 5.74) is 1.80. The molecule has 1 aliphatic rings. The molecular weight excluding hydrogens is 332 g/mol. The summed E-state index contributed by atoms with van der Waals surface area (Å²) in [5, 5.41) is 9.49. The Hall–Kier alpha value is -1.79. The molecule has 1 amide bonds. The largest absolute Gasteiger partial charge is 0.356 e. The predicted octanol–water partition coefficient (Wildman–Crippen LogP) is 2.89. The minimum atomic E-state index is 0.160. The first-order valence-corrected chi connectivity index (χ1v) is 9.93. The molecule has 1 atom stereocenters. The van der Waals surface area contributed by atoms with Crippen LogP contribution in [-0.4, -0.2) is 35.5 Å². The molecule has 5 nitrogen and oxygen atoms in total. The normalized spacial score (nSPS) is 16.5. The summed E-state index contributed by atoms with van der Waals surface area (Å²) in [6, 6.07) is 5.82. The van der Waals surface area contributed by atoms with Crippen LogP contribution in [0.15, 0.2) is 29.8 Å². The maximum atomic E-state index is 12.2. The Kier molecular flexibility index (Phi) is 6.53. The molecule has 0 bridgehead atoms. The van der Waals surface area contributed by atoms with Gasteiger partial charge in [0.2, 0.25) is 5.91 Å². The van der Waals surface area contributed by atoms with E-state index in [2.05, 4.69) is 27.5 Å². The van der Waals surface area contributed by atoms with Gasteiger partial charge in [-0.2, -0.15) is 0 Å². The molecule has 2 aromatic rings. The summed E-state index contributed by atoms with van der Waals surface area (Å²) in [5.74, 6) is 1.29. The van der Waals surface area contributed by atoms with Crippen LogP contribution in [0.3, 0.4) is 0 Å². The molecule has 25 heavy (non-hydrogen) atoms. The van der Waals surface area contributed by atoms with Crippen molar-refractivity contribution in [1.29, 1.82) is 0 Å². The lowest BCUT2D eigenvalue weighted by Crippen LogP contribution is -2.34. The van der Waals surface area contributed by atoms with Crippen molar-refractivity contribution in [3.63, 3.8) is 0 Å². The number of nitrogens with one attached hydrogen (secondary N) is 2. The summed E-state index contributed by atoms with van der Waals surface area (Å²) in [4.78, 5) is 21.1. The molecule has 0 spiro atoms. The van der Waals surface area contributed by atoms with Crippen LogP contribution in [0.5, 0.6) is 0 Å². The molecule has 3 heterocycles. The Morgan fingerprint density at radius 1 is 1.36 bits per heavy atom. The lowest BCUT2D eigenvalue weighted by molar-refractivity contribution is -0.122. The van der Waals surface area contributed by atoms with Gasteiger partial charge in [-0.15, -0.1) is 11.3 Å². The fourth-order valence-electron chi connectivity index (χ4n) is 3.31. The van der Waals surface area contributed by atoms with E-state index in [0.717, 1.165) is 35.9 Å². The number of aromatic nitrogens is 2. The number of piperidine rings is 1. The SMILES string of the molecule is CC(CC(=O)NCCc1nc(-c2ccccn2)cs1)C1CCNCC1. The molecule has 1 aliphatic heterocycles. The van der Waals surface area contributed by atoms with Crippen LogP contribution in [0.1, 0.15) is 31.2 Å². The molecule has 1 saturated heterocycles. The van der Waals surface area contributed by atoms with E-state index >= 15 is 0 Å². The van der Waals surface area contributed by atoms with Gasteiger partial charge in [-0.25, -0.2) is 4.98 Å². The third kappa shape index (κ3) is 5.34. The van der Waals surface area contributed by atoms with E-state index in [1.54, 1.807) is 17.5 Å². The van der Waals surface area contributed by atoms with E-state index in [1.807, 2.05) is 23.6 Å². The van der Waals surface area contributed by atoms with Gasteiger partial charge in [-0.05, 0) is 49.9 Å². The molecule has 2 aromatic heterocycles. The summed E-state index contributed by atoms with van der Waals surface area (Å²) in [7, 11) is 0. The molecule has 6 heteroatoms. The maximum absolute atomic E-state index is 12.2. The van der Waals surface area contributed by atoms with Gasteiger partial charge in [0.15, 0.2) is 0 Å². The topological polar surface area (TPSA) is 66.9 Å². The Labute approximate surface area is 153 Å². The Balaban J connectivity index is 1.40. The van der Waals surface area contributed by atoms with E-state index in [-0.39, 0.29) is 5.91 Å². The molecule has 2 N–H and O–H groups in total. The first kappa shape index (κ1) is 18.0. The van der Waals surface area contributed by atoms with Crippen molar-refractivity contribution in [1.82, 2.24) is 20.6 Å². The number of rotatable bonds is 7. The van der Waals surface area contributed by atoms with Crippen LogP contribution in [0.2, 0.25) is 0 Å². The smallest absolute Gasteiger partial charge is 0.220 e. The van der Waals surface area contributed by atoms with E-state index in [0.29, 0.717) is 24.8 Å². The van der Waals surface area contributed by atoms with Gasteiger partial charge < -0.3 is 10.6 Å². The Bertz CT molecular complexity index is 667. The number of hydrogen-bond donors (Lipinski definition) is 2. The highest BCUT2D eigenvalue weighted by Gasteiger charge is 2.21. The third-order valence-electron chi connectivity index (χ3n) is 4.84. The van der Waals surface area contributed by atoms with E-state index < -0.39 is 0 Å². The van der Waals surface area contributed by atoms with Crippen molar-refractivity contribution in [3.05, 3.63) is 34.8 Å². The van der Waals surface area contributed by atoms with E-state index in [4.69, 9.17) is 0 Å². The first-order valence-electron chi connectivity index (χ1n) is 9.05. The highest BCUT2D eigenvalue weighted by molar-refractivity contribution is 7.09. The van der Waals surface area contributed by atoms with Crippen molar-refractivity contribution in [2.45, 2.75) is 32.6 Å². The average molecular weight is 359 g/mol. The predicted molar refractivity (Wildman–Crippen MR) is 101 cm³/mol. The minimum Gasteiger partial charge on any atom is -0.356 e. The van der Waals surface area contributed by atoms with Crippen molar-refractivity contribution in [2.75, 3.05) is 19.6 Å². The highest BCUT2D eigenvalue weighted by Crippen LogP contribution is 2.24. The van der Waals surface area contributed by atoms with Gasteiger partial charge in [-0.1, -0.05) is 13.0 Å². The Morgan fingerprint density at radius 3 is 2.96 bits per heavy atom. The molecular formula is C19H26N4OS. The second-order valence-electron chi connectivity index (χ2n) is 6.71. The van der Waals surface area contributed by atoms with Crippen LogP contribution < -0.4 is 10.6 Å². The number of amides is 1. The third-order valence-corrected chi connectivity index (χ3v) is 5.74. The molecule has 0 aromatic carbocycles. The van der Waals surface area contributed by atoms with Crippen LogP contribution in [0.4, 0.5) is 0 Å². The fourth-order valence-corrected chi connectivity index (χ4v) is 4.10. The van der Waals surface area contributed by atoms with Crippen molar-refractivity contribution >= 4 is 17.2 Å². The number of carbonyl (C=O) groups is 1. The standard InChI is InChI=1S/C19H26N4OS/c1-14(15-5-9-20-10-6-15)12-18(24)22-11-7-19-23-17(13-25-19)16-4-2-3-8-21-16/h2-4,8,13-15,20H,5-7,9-12H2,1H3,(H,22,24). The number of pyridine rings is 1. The van der Waals surface area contributed by atoms with Crippen LogP contribution in [0.25, 0.3) is 11.4 Å². The lowest BCUT2D eigenvalue weighted by Gasteiger charge is -2.27. The van der Waals surface area contributed by atoms with Crippen LogP contribution >= 0.6 is 11.3 Å². The van der Waals surface area contributed by atoms with Crippen LogP contribution in [-0.2, 0) is 11.2 Å². The number of nitrogens with zero attached hydrogens (tertiary/aromatic N) is 2. The highest BCUT2D eigenvalue weighted by atomic mass is 32.1. The molecule has 0 saturated carbocycles. The van der Waals surface area contributed by atoms with Crippen molar-refractivity contribution < 1.29 is 4.79 Å². The van der Waals surface area contributed by atoms with Gasteiger partial charge in [0.25, 0.3) is 0 Å². The van der Waals surface area contributed by atoms with E-state index in [1.165, 1.54) is 12.8 Å². The molecule has 0 aliphatic carbocycles. The maximum Gasteiger partial charge on any atom is 0.220 e. The number of hydrogen-bond acceptors (Lipinski definition) is 5. The molecule has 1 unspecified atom stereocenters. The Morgan fingerprint density at radius 2 is 2.20 bits per heavy atom. The zero-order valence-corrected chi connectivity index (χ0v) is 15.5. The number of thiazole rings is 1. The van der Waals surface area contributed by atoms with Gasteiger partial charge in [0, 0.05) is 31.0 Å². The summed E-state index contributed by atoms with van der Waals surface area (Å²) in [6.07, 6.45) is 5.54. The number of carbonyl (C=O) groups excluding carboxylic acids is 1. The minimum absolute atomic E-state index is 0.160. The fraction of sp³-hybridized carbons (Fsp3) is 0.526. The van der Waals surface area contributed by atoms with Crippen LogP contribution in [0, 0.1) is 11.8 Å². The van der Waals surface area contributed by atoms with Gasteiger partial charge >= 0.3 is 0 Å². The van der Waals surface area contributed by atoms with E-state index in [9.17, 15) is 4.79 Å². The summed E-state index contributed by atoms with van der Waals surface area (Å²) < 4.78 is 0. The molecule has 134 valence electrons. The summed E-state index contributed by atoms with van der Waals surface area (Å²) >= 11 is 1.62. The zero-order valence-electron chi connectivity index (χ0n) is 14.7. The second-order valence-corrected chi connectivity index (χ2v) is 7.65. The lowest BCUT2D eigenvalue weighted by atomic mass is 9.84. The molecule has 0 radical (unpaired) electrons. The van der Waals surface area contributed by atoms with Crippen molar-refractivity contribution in [2.24, 2.45) is 11.8 Å². The van der Waals surface area contributed by atoms with Gasteiger partial charge in [0.1, 0.15) is 0 Å². The summed E-state index contributed by atoms with van der Waals surface area (Å²) in [6.45, 7) is 5.01. The van der Waals surface area contributed by atoms with Gasteiger partial charge in [-0.3, -0.25) is 9.78 Å². The van der Waals surface area contributed by atoms with Crippen molar-refractivity contribution in [3.8, 4) is 11.4 Å². The van der Waals surface area contributed by atoms with Gasteiger partial charge in [0.05, 0.1) is 16.4 Å². The monoisotopic (exact) mass is 358 g/mol. The average Bonchev–Trinajstić information content (AvgIpc) is 3.12. The first-order chi connectivity index (χ1) is 12.2. The second kappa shape index (κ2) is 9.06. The zero-order chi connectivity index (χ0) is 17.5.